The molecule has 0 aromatic heterocycles. The van der Waals surface area contributed by atoms with Crippen molar-refractivity contribution in [2.75, 3.05) is 14.2 Å². The Morgan fingerprint density at radius 2 is 1.69 bits per heavy atom. The van der Waals surface area contributed by atoms with Crippen molar-refractivity contribution in [1.82, 2.24) is 10.0 Å². The molecule has 8 heteroatoms. The lowest BCUT2D eigenvalue weighted by Gasteiger charge is -2.14. The van der Waals surface area contributed by atoms with Gasteiger partial charge in [-0.05, 0) is 35.2 Å². The summed E-state index contributed by atoms with van der Waals surface area (Å²) in [6.45, 7) is 3.66. The van der Waals surface area contributed by atoms with Crippen LogP contribution >= 0.6 is 12.4 Å². The Morgan fingerprint density at radius 1 is 1.04 bits per heavy atom. The lowest BCUT2D eigenvalue weighted by atomic mass is 10.1. The first-order valence-electron chi connectivity index (χ1n) is 7.98. The van der Waals surface area contributed by atoms with Gasteiger partial charge in [-0.15, -0.1) is 12.4 Å². The zero-order chi connectivity index (χ0) is 18.0. The normalized spacial score (nSPS) is 13.0. The standard InChI is InChI=1S/C18H22N2O4S.ClH/c1-12-6-16(23-2)17(24-3)8-18(12)25(21,22)20-9-13-4-5-14-10-19-11-15(14)7-13;/h4-8,19-20H,9-11H2,1-3H3;1H. The van der Waals surface area contributed by atoms with Crippen molar-refractivity contribution in [2.45, 2.75) is 31.5 Å². The first-order valence-corrected chi connectivity index (χ1v) is 9.46. The summed E-state index contributed by atoms with van der Waals surface area (Å²) in [6.07, 6.45) is 0. The van der Waals surface area contributed by atoms with E-state index in [4.69, 9.17) is 9.47 Å². The van der Waals surface area contributed by atoms with Gasteiger partial charge in [-0.1, -0.05) is 18.2 Å². The van der Waals surface area contributed by atoms with Crippen LogP contribution in [0.25, 0.3) is 0 Å². The highest BCUT2D eigenvalue weighted by Crippen LogP contribution is 2.32. The second-order valence-electron chi connectivity index (χ2n) is 6.00. The van der Waals surface area contributed by atoms with E-state index >= 15 is 0 Å². The Morgan fingerprint density at radius 3 is 2.38 bits per heavy atom. The molecule has 0 aliphatic carbocycles. The van der Waals surface area contributed by atoms with Gasteiger partial charge in [0, 0.05) is 25.7 Å². The minimum Gasteiger partial charge on any atom is -0.493 e. The van der Waals surface area contributed by atoms with Gasteiger partial charge in [0.1, 0.15) is 0 Å². The predicted molar refractivity (Wildman–Crippen MR) is 103 cm³/mol. The first kappa shape index (κ1) is 20.5. The Hall–Kier alpha value is -1.80. The van der Waals surface area contributed by atoms with E-state index in [9.17, 15) is 8.42 Å². The molecule has 0 fully saturated rings. The van der Waals surface area contributed by atoms with Gasteiger partial charge in [0.25, 0.3) is 0 Å². The van der Waals surface area contributed by atoms with Crippen molar-refractivity contribution in [1.29, 1.82) is 0 Å². The third-order valence-corrected chi connectivity index (χ3v) is 5.88. The number of halogens is 1. The van der Waals surface area contributed by atoms with E-state index in [0.717, 1.165) is 18.7 Å². The molecule has 2 N–H and O–H groups in total. The van der Waals surface area contributed by atoms with Gasteiger partial charge in [0.15, 0.2) is 11.5 Å². The number of aryl methyl sites for hydroxylation is 1. The van der Waals surface area contributed by atoms with Gasteiger partial charge >= 0.3 is 0 Å². The fraction of sp³-hybridized carbons (Fsp3) is 0.333. The molecule has 0 saturated heterocycles. The maximum atomic E-state index is 12.7. The van der Waals surface area contributed by atoms with Crippen LogP contribution in [0.1, 0.15) is 22.3 Å². The van der Waals surface area contributed by atoms with E-state index in [-0.39, 0.29) is 23.8 Å². The molecule has 26 heavy (non-hydrogen) atoms. The van der Waals surface area contributed by atoms with Crippen LogP contribution in [0.2, 0.25) is 0 Å². The van der Waals surface area contributed by atoms with Crippen molar-refractivity contribution in [3.05, 3.63) is 52.6 Å². The van der Waals surface area contributed by atoms with Gasteiger partial charge in [-0.25, -0.2) is 13.1 Å². The fourth-order valence-corrected chi connectivity index (χ4v) is 4.22. The summed E-state index contributed by atoms with van der Waals surface area (Å²) in [5.74, 6) is 0.891. The number of ether oxygens (including phenoxy) is 2. The van der Waals surface area contributed by atoms with Crippen molar-refractivity contribution in [2.24, 2.45) is 0 Å². The van der Waals surface area contributed by atoms with E-state index in [0.29, 0.717) is 17.1 Å². The van der Waals surface area contributed by atoms with Crippen LogP contribution in [-0.2, 0) is 29.7 Å². The molecule has 0 atom stereocenters. The third kappa shape index (κ3) is 4.12. The van der Waals surface area contributed by atoms with Crippen molar-refractivity contribution < 1.29 is 17.9 Å². The summed E-state index contributed by atoms with van der Waals surface area (Å²) in [5, 5.41) is 3.28. The second kappa shape index (κ2) is 8.26. The SMILES string of the molecule is COc1cc(C)c(S(=O)(=O)NCc2ccc3c(c2)CNC3)cc1OC.Cl. The molecule has 1 aliphatic rings. The molecule has 2 aromatic carbocycles. The summed E-state index contributed by atoms with van der Waals surface area (Å²) < 4.78 is 38.5. The van der Waals surface area contributed by atoms with Crippen molar-refractivity contribution >= 4 is 22.4 Å². The smallest absolute Gasteiger partial charge is 0.241 e. The molecular formula is C18H23ClN2O4S. The third-order valence-electron chi connectivity index (χ3n) is 4.34. The summed E-state index contributed by atoms with van der Waals surface area (Å²) >= 11 is 0. The molecule has 0 bridgehead atoms. The average Bonchev–Trinajstić information content (AvgIpc) is 3.07. The minimum atomic E-state index is -3.66. The number of sulfonamides is 1. The number of methoxy groups -OCH3 is 2. The van der Waals surface area contributed by atoms with E-state index in [1.54, 1.807) is 13.0 Å². The van der Waals surface area contributed by atoms with Crippen LogP contribution in [0.15, 0.2) is 35.2 Å². The maximum absolute atomic E-state index is 12.7. The van der Waals surface area contributed by atoms with Crippen LogP contribution in [0.4, 0.5) is 0 Å². The molecule has 1 heterocycles. The Labute approximate surface area is 160 Å². The number of benzene rings is 2. The van der Waals surface area contributed by atoms with Gasteiger partial charge in [0.2, 0.25) is 10.0 Å². The van der Waals surface area contributed by atoms with Gasteiger partial charge in [0.05, 0.1) is 19.1 Å². The number of nitrogens with one attached hydrogen (secondary N) is 2. The van der Waals surface area contributed by atoms with Crippen LogP contribution in [-0.4, -0.2) is 22.6 Å². The molecule has 2 aromatic rings. The Kier molecular flexibility index (Phi) is 6.52. The summed E-state index contributed by atoms with van der Waals surface area (Å²) in [4.78, 5) is 0.188. The highest BCUT2D eigenvalue weighted by Gasteiger charge is 2.20. The van der Waals surface area contributed by atoms with E-state index in [1.165, 1.54) is 31.4 Å². The number of rotatable bonds is 6. The van der Waals surface area contributed by atoms with E-state index < -0.39 is 10.0 Å². The molecule has 0 radical (unpaired) electrons. The lowest BCUT2D eigenvalue weighted by Crippen LogP contribution is -2.24. The monoisotopic (exact) mass is 398 g/mol. The zero-order valence-electron chi connectivity index (χ0n) is 15.0. The predicted octanol–water partition coefficient (Wildman–Crippen LogP) is 2.52. The molecule has 0 amide bonds. The van der Waals surface area contributed by atoms with Gasteiger partial charge in [-0.2, -0.15) is 0 Å². The largest absolute Gasteiger partial charge is 0.493 e. The second-order valence-corrected chi connectivity index (χ2v) is 7.74. The maximum Gasteiger partial charge on any atom is 0.241 e. The Balaban J connectivity index is 0.00000243. The molecule has 3 rings (SSSR count). The van der Waals surface area contributed by atoms with Crippen LogP contribution in [0.3, 0.4) is 0 Å². The highest BCUT2D eigenvalue weighted by molar-refractivity contribution is 7.89. The van der Waals surface area contributed by atoms with Crippen LogP contribution in [0.5, 0.6) is 11.5 Å². The number of hydrogen-bond donors (Lipinski definition) is 2. The molecule has 142 valence electrons. The first-order chi connectivity index (χ1) is 11.9. The van der Waals surface area contributed by atoms with E-state index in [1.807, 2.05) is 18.2 Å². The molecule has 0 unspecified atom stereocenters. The Bertz CT molecular complexity index is 900. The molecule has 0 saturated carbocycles. The lowest BCUT2D eigenvalue weighted by molar-refractivity contribution is 0.353. The number of hydrogen-bond acceptors (Lipinski definition) is 5. The number of fused-ring (bicyclic) bond motifs is 1. The minimum absolute atomic E-state index is 0. The topological polar surface area (TPSA) is 76.7 Å². The average molecular weight is 399 g/mol. The van der Waals surface area contributed by atoms with Gasteiger partial charge in [-0.3, -0.25) is 0 Å². The van der Waals surface area contributed by atoms with Crippen molar-refractivity contribution in [3.63, 3.8) is 0 Å². The van der Waals surface area contributed by atoms with Crippen LogP contribution < -0.4 is 19.5 Å². The van der Waals surface area contributed by atoms with Crippen molar-refractivity contribution in [3.8, 4) is 11.5 Å². The van der Waals surface area contributed by atoms with Gasteiger partial charge < -0.3 is 14.8 Å². The zero-order valence-corrected chi connectivity index (χ0v) is 16.6. The summed E-state index contributed by atoms with van der Waals surface area (Å²) in [5.41, 5.74) is 4.02. The molecule has 1 aliphatic heterocycles. The molecular weight excluding hydrogens is 376 g/mol. The fourth-order valence-electron chi connectivity index (χ4n) is 2.97. The summed E-state index contributed by atoms with van der Waals surface area (Å²) in [6, 6.07) is 9.19. The van der Waals surface area contributed by atoms with E-state index in [2.05, 4.69) is 10.0 Å². The molecule has 6 nitrogen and oxygen atoms in total. The highest BCUT2D eigenvalue weighted by atomic mass is 35.5. The van der Waals surface area contributed by atoms with Crippen LogP contribution in [0, 0.1) is 6.92 Å². The summed E-state index contributed by atoms with van der Waals surface area (Å²) in [7, 11) is -0.660. The molecule has 0 spiro atoms. The quantitative estimate of drug-likeness (QED) is 0.781.